The highest BCUT2D eigenvalue weighted by Gasteiger charge is 2.22. The highest BCUT2D eigenvalue weighted by atomic mass is 35.5. The minimum absolute atomic E-state index is 0. The van der Waals surface area contributed by atoms with Gasteiger partial charge in [-0.25, -0.2) is 0 Å². The molecular formula is C22H30Cl2N4O2. The van der Waals surface area contributed by atoms with E-state index in [9.17, 15) is 9.59 Å². The summed E-state index contributed by atoms with van der Waals surface area (Å²) in [6, 6.07) is 19.3. The summed E-state index contributed by atoms with van der Waals surface area (Å²) in [5.41, 5.74) is 8.25. The first-order chi connectivity index (χ1) is 13.6. The number of rotatable bonds is 7. The number of hydrogen-bond acceptors (Lipinski definition) is 4. The second kappa shape index (κ2) is 13.2. The second-order valence-electron chi connectivity index (χ2n) is 7.16. The van der Waals surface area contributed by atoms with Crippen molar-refractivity contribution in [3.63, 3.8) is 0 Å². The number of hydrogen-bond donors (Lipinski definition) is 2. The topological polar surface area (TPSA) is 78.7 Å². The smallest absolute Gasteiger partial charge is 0.242 e. The lowest BCUT2D eigenvalue weighted by Crippen LogP contribution is -2.52. The molecule has 2 aromatic rings. The van der Waals surface area contributed by atoms with Gasteiger partial charge in [0.05, 0.1) is 12.6 Å². The molecule has 8 heteroatoms. The van der Waals surface area contributed by atoms with E-state index in [-0.39, 0.29) is 43.2 Å². The minimum Gasteiger partial charge on any atom is -0.346 e. The van der Waals surface area contributed by atoms with Crippen molar-refractivity contribution in [1.82, 2.24) is 15.1 Å². The first-order valence-corrected chi connectivity index (χ1v) is 9.73. The SMILES string of the molecule is Cl.Cl.NC(Cc1ccccc1)C(=O)NCC(=O)N1CCN(Cc2ccccc2)CC1. The van der Waals surface area contributed by atoms with Crippen LogP contribution < -0.4 is 11.1 Å². The van der Waals surface area contributed by atoms with Crippen molar-refractivity contribution < 1.29 is 9.59 Å². The molecule has 1 aliphatic rings. The zero-order valence-corrected chi connectivity index (χ0v) is 18.5. The molecule has 0 radical (unpaired) electrons. The summed E-state index contributed by atoms with van der Waals surface area (Å²) in [7, 11) is 0. The van der Waals surface area contributed by atoms with Gasteiger partial charge < -0.3 is 16.0 Å². The van der Waals surface area contributed by atoms with Gasteiger partial charge in [0.25, 0.3) is 0 Å². The zero-order valence-electron chi connectivity index (χ0n) is 16.9. The Balaban J connectivity index is 0.00000225. The van der Waals surface area contributed by atoms with Crippen molar-refractivity contribution >= 4 is 36.6 Å². The summed E-state index contributed by atoms with van der Waals surface area (Å²) < 4.78 is 0. The molecule has 1 saturated heterocycles. The van der Waals surface area contributed by atoms with E-state index in [2.05, 4.69) is 22.3 Å². The van der Waals surface area contributed by atoms with Crippen molar-refractivity contribution in [2.45, 2.75) is 19.0 Å². The summed E-state index contributed by atoms with van der Waals surface area (Å²) in [5.74, 6) is -0.348. The second-order valence-corrected chi connectivity index (χ2v) is 7.16. The van der Waals surface area contributed by atoms with E-state index < -0.39 is 6.04 Å². The van der Waals surface area contributed by atoms with E-state index in [1.807, 2.05) is 53.4 Å². The van der Waals surface area contributed by atoms with Crippen molar-refractivity contribution in [2.24, 2.45) is 5.73 Å². The maximum atomic E-state index is 12.4. The summed E-state index contributed by atoms with van der Waals surface area (Å²) in [6.45, 7) is 3.92. The molecular weight excluding hydrogens is 423 g/mol. The van der Waals surface area contributed by atoms with E-state index in [0.29, 0.717) is 19.5 Å². The first-order valence-electron chi connectivity index (χ1n) is 9.73. The number of nitrogens with zero attached hydrogens (tertiary/aromatic N) is 2. The standard InChI is InChI=1S/C22H28N4O2.2ClH/c23-20(15-18-7-3-1-4-8-18)22(28)24-16-21(27)26-13-11-25(12-14-26)17-19-9-5-2-6-10-19;;/h1-10,20H,11-17,23H2,(H,24,28);2*1H. The Kier molecular flexibility index (Phi) is 11.4. The Morgan fingerprint density at radius 2 is 1.40 bits per heavy atom. The van der Waals surface area contributed by atoms with Crippen LogP contribution in [-0.2, 0) is 22.6 Å². The predicted molar refractivity (Wildman–Crippen MR) is 124 cm³/mol. The van der Waals surface area contributed by atoms with Crippen molar-refractivity contribution in [3.05, 3.63) is 71.8 Å². The Hall–Kier alpha value is -2.12. The van der Waals surface area contributed by atoms with Crippen LogP contribution in [0.5, 0.6) is 0 Å². The summed E-state index contributed by atoms with van der Waals surface area (Å²) in [4.78, 5) is 28.7. The van der Waals surface area contributed by atoms with Gasteiger partial charge in [-0.3, -0.25) is 14.5 Å². The van der Waals surface area contributed by atoms with Gasteiger partial charge in [-0.15, -0.1) is 24.8 Å². The van der Waals surface area contributed by atoms with E-state index in [1.165, 1.54) is 5.56 Å². The van der Waals surface area contributed by atoms with E-state index in [1.54, 1.807) is 0 Å². The van der Waals surface area contributed by atoms with Gasteiger partial charge in [0.15, 0.2) is 0 Å². The van der Waals surface area contributed by atoms with E-state index in [4.69, 9.17) is 5.73 Å². The van der Waals surface area contributed by atoms with Crippen LogP contribution in [0.25, 0.3) is 0 Å². The van der Waals surface area contributed by atoms with Crippen LogP contribution in [0.1, 0.15) is 11.1 Å². The minimum atomic E-state index is -0.655. The van der Waals surface area contributed by atoms with Crippen LogP contribution in [0.15, 0.2) is 60.7 Å². The molecule has 0 saturated carbocycles. The predicted octanol–water partition coefficient (Wildman–Crippen LogP) is 1.86. The normalized spacial score (nSPS) is 14.8. The molecule has 164 valence electrons. The maximum Gasteiger partial charge on any atom is 0.242 e. The molecule has 3 N–H and O–H groups in total. The van der Waals surface area contributed by atoms with Gasteiger partial charge in [0, 0.05) is 32.7 Å². The van der Waals surface area contributed by atoms with E-state index in [0.717, 1.165) is 25.2 Å². The van der Waals surface area contributed by atoms with Gasteiger partial charge in [-0.1, -0.05) is 60.7 Å². The van der Waals surface area contributed by atoms with Crippen LogP contribution in [0, 0.1) is 0 Å². The third kappa shape index (κ3) is 7.95. The van der Waals surface area contributed by atoms with Crippen molar-refractivity contribution in [2.75, 3.05) is 32.7 Å². The molecule has 30 heavy (non-hydrogen) atoms. The average Bonchev–Trinajstić information content (AvgIpc) is 2.73. The quantitative estimate of drug-likeness (QED) is 0.671. The number of carbonyl (C=O) groups excluding carboxylic acids is 2. The number of halogens is 2. The fraction of sp³-hybridized carbons (Fsp3) is 0.364. The molecule has 0 bridgehead atoms. The first kappa shape index (κ1) is 25.9. The molecule has 0 spiro atoms. The number of amides is 2. The third-order valence-corrected chi connectivity index (χ3v) is 5.02. The monoisotopic (exact) mass is 452 g/mol. The van der Waals surface area contributed by atoms with Gasteiger partial charge in [0.2, 0.25) is 11.8 Å². The third-order valence-electron chi connectivity index (χ3n) is 5.02. The Labute approximate surface area is 190 Å². The fourth-order valence-corrected chi connectivity index (χ4v) is 3.36. The lowest BCUT2D eigenvalue weighted by Gasteiger charge is -2.34. The van der Waals surface area contributed by atoms with Crippen molar-refractivity contribution in [3.8, 4) is 0 Å². The van der Waals surface area contributed by atoms with Crippen LogP contribution in [0.3, 0.4) is 0 Å². The Morgan fingerprint density at radius 1 is 0.867 bits per heavy atom. The lowest BCUT2D eigenvalue weighted by molar-refractivity contribution is -0.134. The molecule has 6 nitrogen and oxygen atoms in total. The molecule has 1 atom stereocenters. The summed E-state index contributed by atoms with van der Waals surface area (Å²) in [5, 5.41) is 2.68. The molecule has 1 heterocycles. The highest BCUT2D eigenvalue weighted by molar-refractivity contribution is 5.87. The van der Waals surface area contributed by atoms with Gasteiger partial charge in [-0.05, 0) is 17.5 Å². The molecule has 2 amide bonds. The Morgan fingerprint density at radius 3 is 1.97 bits per heavy atom. The van der Waals surface area contributed by atoms with Gasteiger partial charge in [-0.2, -0.15) is 0 Å². The number of benzene rings is 2. The number of nitrogens with two attached hydrogens (primary N) is 1. The maximum absolute atomic E-state index is 12.4. The molecule has 2 aromatic carbocycles. The molecule has 0 aromatic heterocycles. The number of piperazine rings is 1. The van der Waals surface area contributed by atoms with Crippen LogP contribution in [-0.4, -0.2) is 60.4 Å². The Bertz CT molecular complexity index is 769. The molecule has 0 aliphatic carbocycles. The lowest BCUT2D eigenvalue weighted by atomic mass is 10.1. The van der Waals surface area contributed by atoms with Gasteiger partial charge in [0.1, 0.15) is 0 Å². The molecule has 3 rings (SSSR count). The summed E-state index contributed by atoms with van der Waals surface area (Å²) in [6.07, 6.45) is 0.457. The van der Waals surface area contributed by atoms with Crippen molar-refractivity contribution in [1.29, 1.82) is 0 Å². The van der Waals surface area contributed by atoms with E-state index >= 15 is 0 Å². The van der Waals surface area contributed by atoms with Gasteiger partial charge >= 0.3 is 0 Å². The van der Waals surface area contributed by atoms with Crippen LogP contribution >= 0.6 is 24.8 Å². The van der Waals surface area contributed by atoms with Crippen LogP contribution in [0.2, 0.25) is 0 Å². The number of carbonyl (C=O) groups is 2. The average molecular weight is 453 g/mol. The number of nitrogens with one attached hydrogen (secondary N) is 1. The highest BCUT2D eigenvalue weighted by Crippen LogP contribution is 2.08. The largest absolute Gasteiger partial charge is 0.346 e. The summed E-state index contributed by atoms with van der Waals surface area (Å²) >= 11 is 0. The molecule has 1 aliphatic heterocycles. The van der Waals surface area contributed by atoms with Crippen LogP contribution in [0.4, 0.5) is 0 Å². The fourth-order valence-electron chi connectivity index (χ4n) is 3.36. The molecule has 1 fully saturated rings. The zero-order chi connectivity index (χ0) is 19.8. The molecule has 1 unspecified atom stereocenters.